The molecule has 0 aliphatic heterocycles. The van der Waals surface area contributed by atoms with Gasteiger partial charge in [-0.25, -0.2) is 13.8 Å². The first-order valence-electron chi connectivity index (χ1n) is 5.09. The van der Waals surface area contributed by atoms with E-state index in [-0.39, 0.29) is 26.2 Å². The molecule has 0 fully saturated rings. The SMILES string of the molecule is CCOC(=O)/C(=C\F)OP(=O)(OCC)OCC. The van der Waals surface area contributed by atoms with Crippen molar-refractivity contribution in [2.75, 3.05) is 19.8 Å². The van der Waals surface area contributed by atoms with E-state index in [1.165, 1.54) is 0 Å². The lowest BCUT2D eigenvalue weighted by molar-refractivity contribution is -0.141. The second-order valence-electron chi connectivity index (χ2n) is 2.57. The molecule has 0 atom stereocenters. The Balaban J connectivity index is 4.72. The summed E-state index contributed by atoms with van der Waals surface area (Å²) in [6.07, 6.45) is -0.150. The summed E-state index contributed by atoms with van der Waals surface area (Å²) >= 11 is 0. The van der Waals surface area contributed by atoms with Crippen molar-refractivity contribution in [3.63, 3.8) is 0 Å². The van der Waals surface area contributed by atoms with Gasteiger partial charge in [-0.1, -0.05) is 0 Å². The van der Waals surface area contributed by atoms with Gasteiger partial charge in [0.2, 0.25) is 5.76 Å². The van der Waals surface area contributed by atoms with Gasteiger partial charge in [0, 0.05) is 0 Å². The van der Waals surface area contributed by atoms with E-state index in [9.17, 15) is 13.8 Å². The number of hydrogen-bond acceptors (Lipinski definition) is 6. The molecule has 0 aromatic heterocycles. The number of rotatable bonds is 8. The van der Waals surface area contributed by atoms with Crippen molar-refractivity contribution in [3.8, 4) is 0 Å². The Labute approximate surface area is 99.3 Å². The zero-order valence-corrected chi connectivity index (χ0v) is 10.9. The number of phosphoric ester groups is 1. The lowest BCUT2D eigenvalue weighted by Crippen LogP contribution is -2.11. The number of carbonyl (C=O) groups excluding carboxylic acids is 1. The fraction of sp³-hybridized carbons (Fsp3) is 0.667. The molecule has 8 heteroatoms. The summed E-state index contributed by atoms with van der Waals surface area (Å²) in [6.45, 7) is 4.74. The zero-order valence-electron chi connectivity index (χ0n) is 9.97. The summed E-state index contributed by atoms with van der Waals surface area (Å²) in [4.78, 5) is 11.2. The van der Waals surface area contributed by atoms with Crippen LogP contribution in [-0.2, 0) is 27.7 Å². The van der Waals surface area contributed by atoms with Gasteiger partial charge in [0.1, 0.15) is 6.33 Å². The van der Waals surface area contributed by atoms with E-state index >= 15 is 0 Å². The van der Waals surface area contributed by atoms with E-state index < -0.39 is 19.6 Å². The molecule has 0 bridgehead atoms. The fourth-order valence-electron chi connectivity index (χ4n) is 0.831. The quantitative estimate of drug-likeness (QED) is 0.292. The van der Waals surface area contributed by atoms with Gasteiger partial charge >= 0.3 is 13.8 Å². The van der Waals surface area contributed by atoms with E-state index in [1.807, 2.05) is 0 Å². The third kappa shape index (κ3) is 5.81. The van der Waals surface area contributed by atoms with E-state index in [2.05, 4.69) is 9.26 Å². The van der Waals surface area contributed by atoms with Crippen LogP contribution in [0.3, 0.4) is 0 Å². The van der Waals surface area contributed by atoms with Crippen molar-refractivity contribution >= 4 is 13.8 Å². The molecule has 0 saturated heterocycles. The van der Waals surface area contributed by atoms with Crippen molar-refractivity contribution in [3.05, 3.63) is 12.1 Å². The molecule has 0 aromatic carbocycles. The van der Waals surface area contributed by atoms with Crippen LogP contribution >= 0.6 is 7.82 Å². The number of esters is 1. The molecule has 0 spiro atoms. The van der Waals surface area contributed by atoms with Gasteiger partial charge in [-0.3, -0.25) is 9.05 Å². The highest BCUT2D eigenvalue weighted by Gasteiger charge is 2.31. The van der Waals surface area contributed by atoms with Gasteiger partial charge in [-0.05, 0) is 20.8 Å². The molecule has 0 radical (unpaired) electrons. The van der Waals surface area contributed by atoms with Crippen molar-refractivity contribution in [1.29, 1.82) is 0 Å². The molecule has 0 aromatic rings. The average molecular weight is 270 g/mol. The molecular formula is C9H16FO6P. The third-order valence-electron chi connectivity index (χ3n) is 1.36. The molecule has 100 valence electrons. The van der Waals surface area contributed by atoms with Crippen LogP contribution in [-0.4, -0.2) is 25.8 Å². The van der Waals surface area contributed by atoms with Crippen LogP contribution in [0.25, 0.3) is 0 Å². The number of carbonyl (C=O) groups is 1. The second-order valence-corrected chi connectivity index (χ2v) is 4.16. The highest BCUT2D eigenvalue weighted by atomic mass is 31.2. The summed E-state index contributed by atoms with van der Waals surface area (Å²) in [5.74, 6) is -1.92. The van der Waals surface area contributed by atoms with Crippen molar-refractivity contribution < 1.29 is 32.1 Å². The van der Waals surface area contributed by atoms with Crippen molar-refractivity contribution in [2.24, 2.45) is 0 Å². The fourth-order valence-corrected chi connectivity index (χ4v) is 2.00. The minimum Gasteiger partial charge on any atom is -0.460 e. The first-order chi connectivity index (χ1) is 8.02. The summed E-state index contributed by atoms with van der Waals surface area (Å²) in [5.41, 5.74) is 0. The largest absolute Gasteiger partial charge is 0.530 e. The van der Waals surface area contributed by atoms with Gasteiger partial charge in [-0.2, -0.15) is 0 Å². The number of phosphoric acid groups is 1. The molecule has 0 rings (SSSR count). The summed E-state index contributed by atoms with van der Waals surface area (Å²) in [5, 5.41) is 0. The number of ether oxygens (including phenoxy) is 1. The summed E-state index contributed by atoms with van der Waals surface area (Å²) in [7, 11) is -3.98. The third-order valence-corrected chi connectivity index (χ3v) is 2.93. The number of halogens is 1. The van der Waals surface area contributed by atoms with Crippen molar-refractivity contribution in [1.82, 2.24) is 0 Å². The molecule has 0 aliphatic rings. The monoisotopic (exact) mass is 270 g/mol. The summed E-state index contributed by atoms with van der Waals surface area (Å²) in [6, 6.07) is 0. The van der Waals surface area contributed by atoms with Crippen LogP contribution in [0.2, 0.25) is 0 Å². The highest BCUT2D eigenvalue weighted by molar-refractivity contribution is 7.48. The Morgan fingerprint density at radius 3 is 2.06 bits per heavy atom. The van der Waals surface area contributed by atoms with Crippen LogP contribution in [0.1, 0.15) is 20.8 Å². The smallest absolute Gasteiger partial charge is 0.460 e. The maximum atomic E-state index is 12.4. The zero-order chi connectivity index (χ0) is 13.3. The molecule has 17 heavy (non-hydrogen) atoms. The van der Waals surface area contributed by atoms with E-state index in [1.54, 1.807) is 20.8 Å². The van der Waals surface area contributed by atoms with Crippen LogP contribution in [0.5, 0.6) is 0 Å². The van der Waals surface area contributed by atoms with Gasteiger partial charge in [0.25, 0.3) is 0 Å². The Morgan fingerprint density at radius 2 is 1.71 bits per heavy atom. The molecule has 0 N–H and O–H groups in total. The summed E-state index contributed by atoms with van der Waals surface area (Å²) < 4.78 is 42.8. The molecule has 0 heterocycles. The lowest BCUT2D eigenvalue weighted by atomic mass is 10.6. The van der Waals surface area contributed by atoms with Crippen molar-refractivity contribution in [2.45, 2.75) is 20.8 Å². The van der Waals surface area contributed by atoms with Crippen LogP contribution in [0.4, 0.5) is 4.39 Å². The molecule has 0 saturated carbocycles. The Kier molecular flexibility index (Phi) is 7.78. The Bertz CT molecular complexity index is 307. The highest BCUT2D eigenvalue weighted by Crippen LogP contribution is 2.51. The maximum absolute atomic E-state index is 12.4. The van der Waals surface area contributed by atoms with Gasteiger partial charge in [-0.15, -0.1) is 0 Å². The molecule has 0 aliphatic carbocycles. The Hall–Kier alpha value is -0.910. The molecule has 0 unspecified atom stereocenters. The molecule has 0 amide bonds. The van der Waals surface area contributed by atoms with E-state index in [4.69, 9.17) is 9.05 Å². The first-order valence-corrected chi connectivity index (χ1v) is 6.55. The van der Waals surface area contributed by atoms with E-state index in [0.717, 1.165) is 0 Å². The van der Waals surface area contributed by atoms with Crippen LogP contribution in [0.15, 0.2) is 12.1 Å². The molecular weight excluding hydrogens is 254 g/mol. The minimum absolute atomic E-state index is 0.0274. The maximum Gasteiger partial charge on any atom is 0.530 e. The van der Waals surface area contributed by atoms with Crippen LogP contribution in [0, 0.1) is 0 Å². The number of hydrogen-bond donors (Lipinski definition) is 0. The predicted molar refractivity (Wildman–Crippen MR) is 57.8 cm³/mol. The van der Waals surface area contributed by atoms with E-state index in [0.29, 0.717) is 0 Å². The Morgan fingerprint density at radius 1 is 1.18 bits per heavy atom. The predicted octanol–water partition coefficient (Wildman–Crippen LogP) is 2.56. The van der Waals surface area contributed by atoms with Crippen LogP contribution < -0.4 is 0 Å². The lowest BCUT2D eigenvalue weighted by Gasteiger charge is -2.17. The molecule has 6 nitrogen and oxygen atoms in total. The van der Waals surface area contributed by atoms with Gasteiger partial charge in [0.05, 0.1) is 19.8 Å². The first kappa shape index (κ1) is 16.1. The minimum atomic E-state index is -3.98. The second kappa shape index (κ2) is 8.22. The normalized spacial score (nSPS) is 12.4. The van der Waals surface area contributed by atoms with Gasteiger partial charge < -0.3 is 9.26 Å². The van der Waals surface area contributed by atoms with Gasteiger partial charge in [0.15, 0.2) is 0 Å². The topological polar surface area (TPSA) is 71.1 Å². The average Bonchev–Trinajstić information content (AvgIpc) is 2.27. The standard InChI is InChI=1S/C9H16FO6P/c1-4-13-9(11)8(7-10)16-17(12,14-5-2)15-6-3/h7H,4-6H2,1-3H3/b8-7+.